The van der Waals surface area contributed by atoms with Crippen LogP contribution < -0.4 is 0 Å². The van der Waals surface area contributed by atoms with Crippen molar-refractivity contribution in [1.82, 2.24) is 0 Å². The molecule has 0 aromatic heterocycles. The predicted octanol–water partition coefficient (Wildman–Crippen LogP) is 7.41. The Labute approximate surface area is 131 Å². The van der Waals surface area contributed by atoms with E-state index in [0.717, 1.165) is 0 Å². The highest BCUT2D eigenvalue weighted by Crippen LogP contribution is 2.69. The van der Waals surface area contributed by atoms with Crippen LogP contribution >= 0.6 is 6.81 Å². The summed E-state index contributed by atoms with van der Waals surface area (Å²) < 4.78 is 0. The van der Waals surface area contributed by atoms with Crippen molar-refractivity contribution in [3.8, 4) is 0 Å². The van der Waals surface area contributed by atoms with Gasteiger partial charge in [0.05, 0.1) is 0 Å². The average molecular weight is 318 g/mol. The molecule has 0 atom stereocenters. The maximum absolute atomic E-state index is 2.76. The average Bonchev–Trinajstić information content (AvgIpc) is 2.44. The molecule has 0 aliphatic rings. The lowest BCUT2D eigenvalue weighted by atomic mass is 10.4. The standard InChI is InChI=1S/C18H42PSi/c1-7-11-15-19(16-12-8-2,17-13-9-3)20(5,6)18-14-10-4/h7-18H2,1-6H3/q+1. The zero-order valence-electron chi connectivity index (χ0n) is 15.4. The Hall–Kier alpha value is 0.647. The van der Waals surface area contributed by atoms with Crippen LogP contribution in [0.25, 0.3) is 0 Å². The highest BCUT2D eigenvalue weighted by molar-refractivity contribution is 8.08. The summed E-state index contributed by atoms with van der Waals surface area (Å²) >= 11 is 0. The Morgan fingerprint density at radius 1 is 0.600 bits per heavy atom. The minimum atomic E-state index is -1.00. The number of unbranched alkanes of at least 4 members (excludes halogenated alkanes) is 4. The van der Waals surface area contributed by atoms with Crippen LogP contribution in [0.15, 0.2) is 0 Å². The van der Waals surface area contributed by atoms with Gasteiger partial charge in [-0.15, -0.1) is 0 Å². The van der Waals surface area contributed by atoms with Gasteiger partial charge < -0.3 is 0 Å². The maximum Gasteiger partial charge on any atom is 0.224 e. The molecule has 0 radical (unpaired) electrons. The fourth-order valence-electron chi connectivity index (χ4n) is 3.47. The first kappa shape index (κ1) is 20.6. The molecule has 2 heteroatoms. The molecule has 0 nitrogen and oxygen atoms in total. The van der Waals surface area contributed by atoms with Gasteiger partial charge in [-0.1, -0.05) is 59.8 Å². The van der Waals surface area contributed by atoms with Gasteiger partial charge in [0.2, 0.25) is 7.74 Å². The van der Waals surface area contributed by atoms with Gasteiger partial charge in [0.1, 0.15) is 0 Å². The Morgan fingerprint density at radius 2 is 0.950 bits per heavy atom. The molecular formula is C18H42PSi+. The Balaban J connectivity index is 5.08. The van der Waals surface area contributed by atoms with E-state index >= 15 is 0 Å². The molecule has 0 saturated heterocycles. The molecule has 0 aromatic carbocycles. The second-order valence-corrected chi connectivity index (χ2v) is 21.5. The van der Waals surface area contributed by atoms with E-state index in [1.165, 1.54) is 51.4 Å². The smallest absolute Gasteiger partial charge is 0.0654 e. The zero-order chi connectivity index (χ0) is 15.5. The van der Waals surface area contributed by atoms with Crippen LogP contribution in [0, 0.1) is 0 Å². The molecule has 0 heterocycles. The van der Waals surface area contributed by atoms with E-state index in [2.05, 4.69) is 40.8 Å². The van der Waals surface area contributed by atoms with Gasteiger partial charge in [0.15, 0.2) is 0 Å². The van der Waals surface area contributed by atoms with Crippen molar-refractivity contribution in [3.63, 3.8) is 0 Å². The lowest BCUT2D eigenvalue weighted by molar-refractivity contribution is 0.837. The fraction of sp³-hybridized carbons (Fsp3) is 1.00. The molecule has 0 bridgehead atoms. The Bertz CT molecular complexity index is 204. The molecule has 0 amide bonds. The third-order valence-electron chi connectivity index (χ3n) is 5.25. The molecule has 0 aliphatic heterocycles. The van der Waals surface area contributed by atoms with Gasteiger partial charge >= 0.3 is 0 Å². The van der Waals surface area contributed by atoms with E-state index < -0.39 is 14.6 Å². The van der Waals surface area contributed by atoms with Crippen LogP contribution in [-0.2, 0) is 0 Å². The van der Waals surface area contributed by atoms with Crippen LogP contribution in [0.5, 0.6) is 0 Å². The van der Waals surface area contributed by atoms with Crippen molar-refractivity contribution in [2.24, 2.45) is 0 Å². The topological polar surface area (TPSA) is 0 Å². The van der Waals surface area contributed by atoms with Gasteiger partial charge in [-0.3, -0.25) is 0 Å². The summed E-state index contributed by atoms with van der Waals surface area (Å²) in [5.74, 6) is 0. The SMILES string of the molecule is CCCC[Si](C)(C)[P+](CCCC)(CCCC)CCCC. The van der Waals surface area contributed by atoms with Crippen LogP contribution in [-0.4, -0.2) is 26.2 Å². The fourth-order valence-corrected chi connectivity index (χ4v) is 19.2. The van der Waals surface area contributed by atoms with Crippen molar-refractivity contribution in [2.75, 3.05) is 18.5 Å². The van der Waals surface area contributed by atoms with E-state index in [4.69, 9.17) is 0 Å². The maximum atomic E-state index is 2.76. The first-order valence-corrected chi connectivity index (χ1v) is 15.7. The van der Waals surface area contributed by atoms with Gasteiger partial charge in [-0.25, -0.2) is 0 Å². The largest absolute Gasteiger partial charge is 0.224 e. The Morgan fingerprint density at radius 3 is 1.25 bits per heavy atom. The first-order chi connectivity index (χ1) is 9.49. The zero-order valence-corrected chi connectivity index (χ0v) is 17.3. The molecule has 0 spiro atoms. The minimum Gasteiger partial charge on any atom is -0.0654 e. The van der Waals surface area contributed by atoms with Gasteiger partial charge in [0.25, 0.3) is 0 Å². The summed E-state index contributed by atoms with van der Waals surface area (Å²) in [7, 11) is -1.00. The Kier molecular flexibility index (Phi) is 11.6. The van der Waals surface area contributed by atoms with Gasteiger partial charge in [-0.05, 0) is 45.2 Å². The van der Waals surface area contributed by atoms with Crippen LogP contribution in [0.3, 0.4) is 0 Å². The lowest BCUT2D eigenvalue weighted by Crippen LogP contribution is -2.35. The first-order valence-electron chi connectivity index (χ1n) is 9.35. The van der Waals surface area contributed by atoms with E-state index in [9.17, 15) is 0 Å². The lowest BCUT2D eigenvalue weighted by Gasteiger charge is -2.40. The minimum absolute atomic E-state index is 0.639. The van der Waals surface area contributed by atoms with Gasteiger partial charge in [0, 0.05) is 18.5 Å². The predicted molar refractivity (Wildman–Crippen MR) is 103 cm³/mol. The van der Waals surface area contributed by atoms with Crippen LogP contribution in [0.2, 0.25) is 19.1 Å². The third-order valence-corrected chi connectivity index (χ3v) is 23.3. The summed E-state index contributed by atoms with van der Waals surface area (Å²) in [6.07, 6.45) is 16.5. The number of rotatable bonds is 13. The molecule has 122 valence electrons. The molecule has 20 heavy (non-hydrogen) atoms. The quantitative estimate of drug-likeness (QED) is 0.245. The summed E-state index contributed by atoms with van der Waals surface area (Å²) in [5.41, 5.74) is 0. The van der Waals surface area contributed by atoms with Crippen molar-refractivity contribution < 1.29 is 0 Å². The highest BCUT2D eigenvalue weighted by atomic mass is 31.4. The summed E-state index contributed by atoms with van der Waals surface area (Å²) in [5, 5.41) is 0. The van der Waals surface area contributed by atoms with E-state index in [1.54, 1.807) is 24.5 Å². The normalized spacial score (nSPS) is 12.9. The van der Waals surface area contributed by atoms with Crippen molar-refractivity contribution in [3.05, 3.63) is 0 Å². The van der Waals surface area contributed by atoms with E-state index in [1.807, 2.05) is 0 Å². The van der Waals surface area contributed by atoms with E-state index in [0.29, 0.717) is 0 Å². The highest BCUT2D eigenvalue weighted by Gasteiger charge is 2.51. The molecule has 0 rings (SSSR count). The monoisotopic (exact) mass is 317 g/mol. The molecule has 0 aliphatic carbocycles. The summed E-state index contributed by atoms with van der Waals surface area (Å²) in [6.45, 7) is 14.4. The van der Waals surface area contributed by atoms with Crippen LogP contribution in [0.1, 0.15) is 79.1 Å². The molecular weight excluding hydrogens is 275 g/mol. The van der Waals surface area contributed by atoms with Crippen molar-refractivity contribution in [1.29, 1.82) is 0 Å². The summed E-state index contributed by atoms with van der Waals surface area (Å²) in [6, 6.07) is 1.61. The third kappa shape index (κ3) is 6.61. The molecule has 0 aromatic rings. The van der Waals surface area contributed by atoms with E-state index in [-0.39, 0.29) is 0 Å². The number of hydrogen-bond donors (Lipinski definition) is 0. The molecule has 0 N–H and O–H groups in total. The van der Waals surface area contributed by atoms with Crippen LogP contribution in [0.4, 0.5) is 0 Å². The molecule has 0 fully saturated rings. The van der Waals surface area contributed by atoms with Crippen molar-refractivity contribution in [2.45, 2.75) is 98.2 Å². The second-order valence-electron chi connectivity index (χ2n) is 7.29. The molecule has 0 unspecified atom stereocenters. The summed E-state index contributed by atoms with van der Waals surface area (Å²) in [4.78, 5) is 0. The van der Waals surface area contributed by atoms with Gasteiger partial charge in [-0.2, -0.15) is 0 Å². The van der Waals surface area contributed by atoms with Crippen molar-refractivity contribution >= 4 is 14.6 Å². The molecule has 0 saturated carbocycles. The second kappa shape index (κ2) is 11.2. The number of hydrogen-bond acceptors (Lipinski definition) is 0.